The lowest BCUT2D eigenvalue weighted by Gasteiger charge is -2.33. The largest absolute Gasteiger partial charge is 0.383 e. The number of oxime groups is 1. The van der Waals surface area contributed by atoms with Gasteiger partial charge in [-0.3, -0.25) is 4.79 Å². The van der Waals surface area contributed by atoms with E-state index < -0.39 is 5.60 Å². The van der Waals surface area contributed by atoms with E-state index in [0.717, 1.165) is 37.6 Å². The van der Waals surface area contributed by atoms with Crippen molar-refractivity contribution in [1.82, 2.24) is 10.3 Å². The number of benzene rings is 4. The molecule has 5 aromatic rings. The summed E-state index contributed by atoms with van der Waals surface area (Å²) in [5, 5.41) is 8.57. The third kappa shape index (κ3) is 5.86. The molecular weight excluding hydrogens is 566 g/mol. The lowest BCUT2D eigenvalue weighted by Crippen LogP contribution is -2.36. The number of aromatic amines is 1. The molecule has 2 N–H and O–H groups in total. The van der Waals surface area contributed by atoms with Gasteiger partial charge in [-0.25, -0.2) is 0 Å². The summed E-state index contributed by atoms with van der Waals surface area (Å²) in [7, 11) is 1.60. The standard InChI is InChI=1S/C33H30BrN3O3/c1-39-20-19-35-32(38)31(21-24-23-36-30-18-17-28(34)22-29(24)30)37-40-33(25-11-5-2-6-12-25,26-13-7-3-8-14-26)27-15-9-4-10-16-27/h2-18,22-23,36H,19-21H2,1H3,(H,35,38)/b37-31+. The number of nitrogens with zero attached hydrogens (tertiary/aromatic N) is 1. The van der Waals surface area contributed by atoms with Crippen LogP contribution in [0.4, 0.5) is 0 Å². The smallest absolute Gasteiger partial charge is 0.269 e. The third-order valence-corrected chi connectivity index (χ3v) is 7.27. The molecule has 7 heteroatoms. The molecule has 0 aliphatic carbocycles. The predicted octanol–water partition coefficient (Wildman–Crippen LogP) is 6.60. The molecule has 4 aromatic carbocycles. The molecule has 0 saturated carbocycles. The normalized spacial score (nSPS) is 11.9. The first-order chi connectivity index (χ1) is 19.6. The highest BCUT2D eigenvalue weighted by Gasteiger charge is 2.40. The molecule has 0 unspecified atom stereocenters. The quantitative estimate of drug-likeness (QED) is 0.0781. The van der Waals surface area contributed by atoms with Crippen LogP contribution in [0, 0.1) is 0 Å². The van der Waals surface area contributed by atoms with Crippen LogP contribution >= 0.6 is 15.9 Å². The molecule has 0 aliphatic heterocycles. The maximum absolute atomic E-state index is 13.5. The number of H-pyrrole nitrogens is 1. The number of carbonyl (C=O) groups is 1. The molecule has 0 saturated heterocycles. The van der Waals surface area contributed by atoms with Gasteiger partial charge in [0, 0.05) is 58.3 Å². The molecule has 0 spiro atoms. The highest BCUT2D eigenvalue weighted by molar-refractivity contribution is 9.10. The van der Waals surface area contributed by atoms with Crippen molar-refractivity contribution in [2.24, 2.45) is 5.16 Å². The first kappa shape index (κ1) is 27.4. The van der Waals surface area contributed by atoms with E-state index in [9.17, 15) is 4.79 Å². The van der Waals surface area contributed by atoms with E-state index in [1.165, 1.54) is 0 Å². The van der Waals surface area contributed by atoms with Gasteiger partial charge in [0.1, 0.15) is 5.71 Å². The van der Waals surface area contributed by atoms with Gasteiger partial charge >= 0.3 is 0 Å². The summed E-state index contributed by atoms with van der Waals surface area (Å²) in [5.41, 5.74) is 3.76. The number of hydrogen-bond acceptors (Lipinski definition) is 4. The Morgan fingerprint density at radius 2 is 1.45 bits per heavy atom. The van der Waals surface area contributed by atoms with Crippen LogP contribution in [0.2, 0.25) is 0 Å². The van der Waals surface area contributed by atoms with Crippen molar-refractivity contribution in [2.45, 2.75) is 12.0 Å². The molecule has 1 amide bonds. The molecule has 5 rings (SSSR count). The summed E-state index contributed by atoms with van der Waals surface area (Å²) in [6, 6.07) is 35.9. The number of rotatable bonds is 11. The molecule has 6 nitrogen and oxygen atoms in total. The van der Waals surface area contributed by atoms with E-state index in [4.69, 9.17) is 9.57 Å². The average molecular weight is 597 g/mol. The first-order valence-corrected chi connectivity index (χ1v) is 13.9. The highest BCUT2D eigenvalue weighted by Crippen LogP contribution is 2.40. The molecule has 0 aliphatic rings. The minimum atomic E-state index is -1.09. The molecule has 1 heterocycles. The highest BCUT2D eigenvalue weighted by atomic mass is 79.9. The van der Waals surface area contributed by atoms with Crippen LogP contribution in [-0.2, 0) is 26.4 Å². The average Bonchev–Trinajstić information content (AvgIpc) is 3.40. The number of nitrogens with one attached hydrogen (secondary N) is 2. The van der Waals surface area contributed by atoms with Crippen LogP contribution in [0.1, 0.15) is 22.3 Å². The molecule has 40 heavy (non-hydrogen) atoms. The SMILES string of the molecule is COCCNC(=O)/C(Cc1c[nH]c2ccc(Br)cc12)=N/OC(c1ccccc1)(c1ccccc1)c1ccccc1. The van der Waals surface area contributed by atoms with E-state index >= 15 is 0 Å². The maximum Gasteiger partial charge on any atom is 0.269 e. The second-order valence-electron chi connectivity index (χ2n) is 9.34. The van der Waals surface area contributed by atoms with Crippen LogP contribution in [-0.4, -0.2) is 36.9 Å². The van der Waals surface area contributed by atoms with Gasteiger partial charge in [0.15, 0.2) is 0 Å². The monoisotopic (exact) mass is 595 g/mol. The molecule has 0 atom stereocenters. The zero-order valence-corrected chi connectivity index (χ0v) is 23.7. The molecule has 0 fully saturated rings. The summed E-state index contributed by atoms with van der Waals surface area (Å²) >= 11 is 3.56. The van der Waals surface area contributed by atoms with Crippen LogP contribution in [0.5, 0.6) is 0 Å². The van der Waals surface area contributed by atoms with E-state index in [1.54, 1.807) is 7.11 Å². The van der Waals surface area contributed by atoms with Gasteiger partial charge in [-0.05, 0) is 23.8 Å². The van der Waals surface area contributed by atoms with Gasteiger partial charge < -0.3 is 19.9 Å². The van der Waals surface area contributed by atoms with Crippen LogP contribution < -0.4 is 5.32 Å². The fourth-order valence-electron chi connectivity index (χ4n) is 4.80. The van der Waals surface area contributed by atoms with Crippen molar-refractivity contribution >= 4 is 38.5 Å². The summed E-state index contributed by atoms with van der Waals surface area (Å²) < 4.78 is 6.10. The first-order valence-electron chi connectivity index (χ1n) is 13.1. The Balaban J connectivity index is 1.63. The topological polar surface area (TPSA) is 75.7 Å². The fraction of sp³-hybridized carbons (Fsp3) is 0.152. The number of aromatic nitrogens is 1. The van der Waals surface area contributed by atoms with E-state index in [-0.39, 0.29) is 18.0 Å². The van der Waals surface area contributed by atoms with Gasteiger partial charge in [0.2, 0.25) is 5.60 Å². The lowest BCUT2D eigenvalue weighted by molar-refractivity contribution is -0.115. The van der Waals surface area contributed by atoms with Gasteiger partial charge in [-0.15, -0.1) is 0 Å². The van der Waals surface area contributed by atoms with Gasteiger partial charge in [-0.2, -0.15) is 0 Å². The van der Waals surface area contributed by atoms with Crippen molar-refractivity contribution in [1.29, 1.82) is 0 Å². The number of carbonyl (C=O) groups excluding carboxylic acids is 1. The van der Waals surface area contributed by atoms with Crippen molar-refractivity contribution in [3.05, 3.63) is 142 Å². The summed E-state index contributed by atoms with van der Waals surface area (Å²) in [4.78, 5) is 23.4. The molecule has 0 radical (unpaired) electrons. The number of amides is 1. The second kappa shape index (κ2) is 12.8. The lowest BCUT2D eigenvalue weighted by atomic mass is 9.80. The summed E-state index contributed by atoms with van der Waals surface area (Å²) in [5.74, 6) is -0.315. The zero-order chi connectivity index (χ0) is 27.8. The fourth-order valence-corrected chi connectivity index (χ4v) is 5.16. The number of halogens is 1. The minimum Gasteiger partial charge on any atom is -0.383 e. The third-order valence-electron chi connectivity index (χ3n) is 6.77. The Hall–Kier alpha value is -4.20. The summed E-state index contributed by atoms with van der Waals surface area (Å²) in [6.07, 6.45) is 2.18. The van der Waals surface area contributed by atoms with Crippen molar-refractivity contribution in [3.63, 3.8) is 0 Å². The minimum absolute atomic E-state index is 0.254. The van der Waals surface area contributed by atoms with Crippen LogP contribution in [0.15, 0.2) is 125 Å². The van der Waals surface area contributed by atoms with Crippen molar-refractivity contribution in [2.75, 3.05) is 20.3 Å². The molecule has 0 bridgehead atoms. The number of ether oxygens (including phenoxy) is 1. The summed E-state index contributed by atoms with van der Waals surface area (Å²) in [6.45, 7) is 0.747. The molecule has 1 aromatic heterocycles. The van der Waals surface area contributed by atoms with Gasteiger partial charge in [0.05, 0.1) is 6.61 Å². The van der Waals surface area contributed by atoms with E-state index in [1.807, 2.05) is 115 Å². The van der Waals surface area contributed by atoms with Crippen LogP contribution in [0.3, 0.4) is 0 Å². The molecular formula is C33H30BrN3O3. The number of fused-ring (bicyclic) bond motifs is 1. The van der Waals surface area contributed by atoms with E-state index in [2.05, 4.69) is 31.4 Å². The number of hydrogen-bond donors (Lipinski definition) is 2. The Kier molecular flexibility index (Phi) is 8.74. The molecule has 202 valence electrons. The van der Waals surface area contributed by atoms with Crippen LogP contribution in [0.25, 0.3) is 10.9 Å². The number of methoxy groups -OCH3 is 1. The Morgan fingerprint density at radius 3 is 2.00 bits per heavy atom. The van der Waals surface area contributed by atoms with Gasteiger partial charge in [-0.1, -0.05) is 112 Å². The predicted molar refractivity (Wildman–Crippen MR) is 162 cm³/mol. The Labute approximate surface area is 242 Å². The zero-order valence-electron chi connectivity index (χ0n) is 22.1. The Morgan fingerprint density at radius 1 is 0.875 bits per heavy atom. The van der Waals surface area contributed by atoms with E-state index in [0.29, 0.717) is 13.2 Å². The van der Waals surface area contributed by atoms with Crippen molar-refractivity contribution in [3.8, 4) is 0 Å². The van der Waals surface area contributed by atoms with Crippen molar-refractivity contribution < 1.29 is 14.4 Å². The van der Waals surface area contributed by atoms with Gasteiger partial charge in [0.25, 0.3) is 5.91 Å². The maximum atomic E-state index is 13.5. The second-order valence-corrected chi connectivity index (χ2v) is 10.3. The Bertz CT molecular complexity index is 1490.